The predicted octanol–water partition coefficient (Wildman–Crippen LogP) is 3.34. The van der Waals surface area contributed by atoms with E-state index in [0.29, 0.717) is 18.9 Å². The first-order valence-electron chi connectivity index (χ1n) is 8.80. The van der Waals surface area contributed by atoms with E-state index in [2.05, 4.69) is 16.9 Å². The quantitative estimate of drug-likeness (QED) is 0.725. The summed E-state index contributed by atoms with van der Waals surface area (Å²) in [5, 5.41) is 8.14. The minimum absolute atomic E-state index is 0.209. The molecule has 0 unspecified atom stereocenters. The molecule has 1 aromatic heterocycles. The molecular weight excluding hydrogens is 316 g/mol. The van der Waals surface area contributed by atoms with Crippen LogP contribution in [0.3, 0.4) is 0 Å². The normalized spacial score (nSPS) is 14.4. The third-order valence-corrected chi connectivity index (χ3v) is 4.46. The fourth-order valence-electron chi connectivity index (χ4n) is 3.05. The van der Waals surface area contributed by atoms with Gasteiger partial charge in [-0.25, -0.2) is 0 Å². The number of anilines is 1. The van der Waals surface area contributed by atoms with Crippen LogP contribution >= 0.6 is 0 Å². The summed E-state index contributed by atoms with van der Waals surface area (Å²) in [4.78, 5) is 13.9. The molecule has 1 amide bonds. The fourth-order valence-corrected chi connectivity index (χ4v) is 3.05. The number of ether oxygens (including phenoxy) is 1. The van der Waals surface area contributed by atoms with Gasteiger partial charge in [-0.3, -0.25) is 14.4 Å². The molecule has 1 heterocycles. The van der Waals surface area contributed by atoms with Gasteiger partial charge in [0.15, 0.2) is 5.82 Å². The number of rotatable bonds is 7. The zero-order valence-electron chi connectivity index (χ0n) is 14.6. The van der Waals surface area contributed by atoms with E-state index in [-0.39, 0.29) is 12.0 Å². The number of para-hydroxylation sites is 1. The Morgan fingerprint density at radius 3 is 2.84 bits per heavy atom. The van der Waals surface area contributed by atoms with Gasteiger partial charge in [0.2, 0.25) is 0 Å². The molecule has 1 aromatic carbocycles. The molecule has 0 bridgehead atoms. The summed E-state index contributed by atoms with van der Waals surface area (Å²) in [5.41, 5.74) is 0.954. The van der Waals surface area contributed by atoms with Crippen molar-refractivity contribution in [1.82, 2.24) is 15.0 Å². The second kappa shape index (κ2) is 7.96. The van der Waals surface area contributed by atoms with Gasteiger partial charge in [-0.05, 0) is 44.7 Å². The van der Waals surface area contributed by atoms with E-state index < -0.39 is 0 Å². The SMILES string of the molecule is C=CC(=O)N(Cc1ccccc1OC1CCCC1)c1cn(CC)nn1. The zero-order valence-corrected chi connectivity index (χ0v) is 14.6. The molecule has 0 spiro atoms. The maximum atomic E-state index is 12.4. The van der Waals surface area contributed by atoms with Crippen molar-refractivity contribution in [3.8, 4) is 5.75 Å². The van der Waals surface area contributed by atoms with Gasteiger partial charge in [0.25, 0.3) is 5.91 Å². The zero-order chi connectivity index (χ0) is 17.6. The van der Waals surface area contributed by atoms with E-state index in [4.69, 9.17) is 4.74 Å². The summed E-state index contributed by atoms with van der Waals surface area (Å²) >= 11 is 0. The third-order valence-electron chi connectivity index (χ3n) is 4.46. The molecule has 1 saturated carbocycles. The van der Waals surface area contributed by atoms with Crippen molar-refractivity contribution in [2.45, 2.75) is 51.8 Å². The van der Waals surface area contributed by atoms with Crippen LogP contribution in [0.1, 0.15) is 38.2 Å². The summed E-state index contributed by atoms with van der Waals surface area (Å²) in [7, 11) is 0. The average molecular weight is 340 g/mol. The summed E-state index contributed by atoms with van der Waals surface area (Å²) in [6.45, 7) is 6.65. The van der Waals surface area contributed by atoms with E-state index in [1.165, 1.54) is 18.9 Å². The molecule has 6 nitrogen and oxygen atoms in total. The van der Waals surface area contributed by atoms with Gasteiger partial charge in [-0.15, -0.1) is 5.10 Å². The molecule has 0 radical (unpaired) electrons. The van der Waals surface area contributed by atoms with Gasteiger partial charge in [0.1, 0.15) is 5.75 Å². The van der Waals surface area contributed by atoms with Gasteiger partial charge < -0.3 is 4.74 Å². The van der Waals surface area contributed by atoms with Gasteiger partial charge in [0, 0.05) is 12.1 Å². The second-order valence-corrected chi connectivity index (χ2v) is 6.19. The molecule has 0 saturated heterocycles. The Balaban J connectivity index is 1.83. The van der Waals surface area contributed by atoms with Crippen LogP contribution in [0.25, 0.3) is 0 Å². The molecule has 0 aliphatic heterocycles. The highest BCUT2D eigenvalue weighted by atomic mass is 16.5. The highest BCUT2D eigenvalue weighted by Crippen LogP contribution is 2.28. The van der Waals surface area contributed by atoms with Gasteiger partial charge in [-0.1, -0.05) is 30.0 Å². The number of carbonyl (C=O) groups excluding carboxylic acids is 1. The third kappa shape index (κ3) is 4.07. The van der Waals surface area contributed by atoms with Crippen molar-refractivity contribution in [3.63, 3.8) is 0 Å². The van der Waals surface area contributed by atoms with Crippen molar-refractivity contribution in [3.05, 3.63) is 48.7 Å². The summed E-state index contributed by atoms with van der Waals surface area (Å²) < 4.78 is 7.87. The first-order valence-corrected chi connectivity index (χ1v) is 8.80. The van der Waals surface area contributed by atoms with Crippen LogP contribution in [0, 0.1) is 0 Å². The number of aromatic nitrogens is 3. The Morgan fingerprint density at radius 2 is 2.16 bits per heavy atom. The van der Waals surface area contributed by atoms with Gasteiger partial charge in [0.05, 0.1) is 18.8 Å². The lowest BCUT2D eigenvalue weighted by Gasteiger charge is -2.21. The lowest BCUT2D eigenvalue weighted by molar-refractivity contribution is -0.114. The standard InChI is InChI=1S/C19H24N4O2/c1-3-19(24)23(18-14-22(4-2)21-20-18)13-15-9-5-8-12-17(15)25-16-10-6-7-11-16/h3,5,8-9,12,14,16H,1,4,6-7,10-11,13H2,2H3. The number of benzene rings is 1. The van der Waals surface area contributed by atoms with Crippen LogP contribution in [-0.4, -0.2) is 27.0 Å². The Labute approximate surface area is 148 Å². The second-order valence-electron chi connectivity index (χ2n) is 6.19. The number of aryl methyl sites for hydroxylation is 1. The molecule has 1 aliphatic rings. The largest absolute Gasteiger partial charge is 0.490 e. The molecule has 6 heteroatoms. The number of carbonyl (C=O) groups is 1. The number of hydrogen-bond donors (Lipinski definition) is 0. The van der Waals surface area contributed by atoms with Crippen LogP contribution in [0.5, 0.6) is 5.75 Å². The van der Waals surface area contributed by atoms with E-state index in [9.17, 15) is 4.79 Å². The molecular formula is C19H24N4O2. The van der Waals surface area contributed by atoms with Crippen LogP contribution in [0.2, 0.25) is 0 Å². The van der Waals surface area contributed by atoms with Crippen LogP contribution in [0.4, 0.5) is 5.82 Å². The minimum Gasteiger partial charge on any atom is -0.490 e. The van der Waals surface area contributed by atoms with Gasteiger partial charge in [-0.2, -0.15) is 0 Å². The summed E-state index contributed by atoms with van der Waals surface area (Å²) in [5.74, 6) is 1.14. The monoisotopic (exact) mass is 340 g/mol. The van der Waals surface area contributed by atoms with Crippen LogP contribution in [-0.2, 0) is 17.9 Å². The number of nitrogens with zero attached hydrogens (tertiary/aromatic N) is 4. The molecule has 132 valence electrons. The molecule has 0 N–H and O–H groups in total. The van der Waals surface area contributed by atoms with Gasteiger partial charge >= 0.3 is 0 Å². The molecule has 1 aliphatic carbocycles. The molecule has 1 fully saturated rings. The summed E-state index contributed by atoms with van der Waals surface area (Å²) in [6.07, 6.45) is 7.95. The van der Waals surface area contributed by atoms with E-state index in [1.54, 1.807) is 15.8 Å². The van der Waals surface area contributed by atoms with Crippen molar-refractivity contribution < 1.29 is 9.53 Å². The number of amides is 1. The van der Waals surface area contributed by atoms with E-state index in [0.717, 1.165) is 24.2 Å². The molecule has 0 atom stereocenters. The highest BCUT2D eigenvalue weighted by Gasteiger charge is 2.21. The van der Waals surface area contributed by atoms with Crippen molar-refractivity contribution in [1.29, 1.82) is 0 Å². The molecule has 3 rings (SSSR count). The van der Waals surface area contributed by atoms with Crippen molar-refractivity contribution >= 4 is 11.7 Å². The maximum Gasteiger partial charge on any atom is 0.251 e. The first kappa shape index (κ1) is 17.2. The molecule has 2 aromatic rings. The van der Waals surface area contributed by atoms with Crippen molar-refractivity contribution in [2.75, 3.05) is 4.90 Å². The topological polar surface area (TPSA) is 60.2 Å². The fraction of sp³-hybridized carbons (Fsp3) is 0.421. The number of hydrogen-bond acceptors (Lipinski definition) is 4. The van der Waals surface area contributed by atoms with E-state index >= 15 is 0 Å². The Kier molecular flexibility index (Phi) is 5.48. The first-order chi connectivity index (χ1) is 12.2. The average Bonchev–Trinajstić information content (AvgIpc) is 3.32. The Bertz CT molecular complexity index is 735. The lowest BCUT2D eigenvalue weighted by atomic mass is 10.1. The van der Waals surface area contributed by atoms with Crippen molar-refractivity contribution in [2.24, 2.45) is 0 Å². The summed E-state index contributed by atoms with van der Waals surface area (Å²) in [6, 6.07) is 7.86. The van der Waals surface area contributed by atoms with E-state index in [1.807, 2.05) is 31.2 Å². The highest BCUT2D eigenvalue weighted by molar-refractivity contribution is 6.00. The Hall–Kier alpha value is -2.63. The smallest absolute Gasteiger partial charge is 0.251 e. The molecule has 25 heavy (non-hydrogen) atoms. The predicted molar refractivity (Wildman–Crippen MR) is 96.4 cm³/mol. The Morgan fingerprint density at radius 1 is 1.40 bits per heavy atom. The minimum atomic E-state index is -0.209. The van der Waals surface area contributed by atoms with Crippen LogP contribution in [0.15, 0.2) is 43.1 Å². The van der Waals surface area contributed by atoms with Crippen LogP contribution < -0.4 is 9.64 Å². The lowest BCUT2D eigenvalue weighted by Crippen LogP contribution is -2.29. The maximum absolute atomic E-state index is 12.4.